The Hall–Kier alpha value is -2.58. The summed E-state index contributed by atoms with van der Waals surface area (Å²) in [6.07, 6.45) is -4.97. The number of fused-ring (bicyclic) bond motifs is 2. The molecular formula is C29H28BrF3O3S. The maximum absolute atomic E-state index is 13.5. The first-order valence-electron chi connectivity index (χ1n) is 11.7. The summed E-state index contributed by atoms with van der Waals surface area (Å²) in [4.78, 5) is -0.136. The number of benzene rings is 4. The third-order valence-corrected chi connectivity index (χ3v) is 8.35. The fourth-order valence-corrected chi connectivity index (χ4v) is 5.98. The van der Waals surface area contributed by atoms with E-state index in [4.69, 9.17) is 0 Å². The van der Waals surface area contributed by atoms with Crippen LogP contribution in [-0.4, -0.2) is 14.8 Å². The second-order valence-corrected chi connectivity index (χ2v) is 15.1. The lowest BCUT2D eigenvalue weighted by Gasteiger charge is -2.23. The molecule has 37 heavy (non-hydrogen) atoms. The average molecular weight is 594 g/mol. The van der Waals surface area contributed by atoms with Crippen LogP contribution >= 0.6 is 14.8 Å². The molecule has 4 aromatic rings. The van der Waals surface area contributed by atoms with Gasteiger partial charge in [0.2, 0.25) is 8.27 Å². The molecule has 0 aliphatic rings. The zero-order valence-electron chi connectivity index (χ0n) is 21.4. The van der Waals surface area contributed by atoms with E-state index in [9.17, 15) is 21.6 Å². The molecule has 4 rings (SSSR count). The molecule has 3 nitrogen and oxygen atoms in total. The minimum atomic E-state index is -4.97. The Morgan fingerprint density at radius 2 is 1.14 bits per heavy atom. The van der Waals surface area contributed by atoms with E-state index in [2.05, 4.69) is 40.3 Å². The van der Waals surface area contributed by atoms with E-state index in [1.54, 1.807) is 24.3 Å². The second kappa shape index (κ2) is 9.02. The number of alkyl halides is 3. The van der Waals surface area contributed by atoms with Gasteiger partial charge in [0.15, 0.2) is 0 Å². The number of hydrogen-bond donors (Lipinski definition) is 0. The molecule has 0 unspecified atom stereocenters. The van der Waals surface area contributed by atoms with Gasteiger partial charge in [-0.2, -0.15) is 0 Å². The third kappa shape index (κ3) is 5.65. The highest BCUT2D eigenvalue weighted by atomic mass is 79.9. The van der Waals surface area contributed by atoms with Crippen molar-refractivity contribution in [3.63, 3.8) is 0 Å². The van der Waals surface area contributed by atoms with E-state index < -0.39 is 20.4 Å². The topological polar surface area (TPSA) is 43.4 Å². The Bertz CT molecular complexity index is 1630. The van der Waals surface area contributed by atoms with Crippen molar-refractivity contribution < 1.29 is 26.3 Å². The predicted molar refractivity (Wildman–Crippen MR) is 147 cm³/mol. The minimum Gasteiger partial charge on any atom is -0.405 e. The molecule has 0 saturated carbocycles. The summed E-state index contributed by atoms with van der Waals surface area (Å²) < 4.78 is 70.8. The second-order valence-electron chi connectivity index (χ2n) is 11.2. The SMILES string of the molecule is CC(C)(C)c1ccc2c(-c3c(S(=O)(=O)Br)ccc4cc(C(C)(C)C)ccc34)c(OC(F)(F)F)ccc2c1. The van der Waals surface area contributed by atoms with Gasteiger partial charge >= 0.3 is 6.36 Å². The van der Waals surface area contributed by atoms with Crippen molar-refractivity contribution in [3.05, 3.63) is 71.8 Å². The largest absolute Gasteiger partial charge is 0.573 e. The van der Waals surface area contributed by atoms with E-state index in [1.165, 1.54) is 12.1 Å². The molecule has 0 spiro atoms. The van der Waals surface area contributed by atoms with Crippen molar-refractivity contribution in [2.75, 3.05) is 0 Å². The van der Waals surface area contributed by atoms with E-state index >= 15 is 0 Å². The Kier molecular flexibility index (Phi) is 6.69. The molecule has 0 N–H and O–H groups in total. The van der Waals surface area contributed by atoms with Crippen LogP contribution in [0.3, 0.4) is 0 Å². The van der Waals surface area contributed by atoms with Gasteiger partial charge in [0.05, 0.1) is 19.7 Å². The van der Waals surface area contributed by atoms with Crippen molar-refractivity contribution in [3.8, 4) is 16.9 Å². The molecule has 0 fully saturated rings. The quantitative estimate of drug-likeness (QED) is 0.223. The van der Waals surface area contributed by atoms with Gasteiger partial charge in [-0.3, -0.25) is 0 Å². The van der Waals surface area contributed by atoms with Gasteiger partial charge in [-0.05, 0) is 55.6 Å². The molecule has 0 atom stereocenters. The van der Waals surface area contributed by atoms with Crippen molar-refractivity contribution in [2.24, 2.45) is 0 Å². The van der Waals surface area contributed by atoms with Crippen LogP contribution in [0.4, 0.5) is 13.2 Å². The lowest BCUT2D eigenvalue weighted by molar-refractivity contribution is -0.274. The van der Waals surface area contributed by atoms with Crippen molar-refractivity contribution in [1.82, 2.24) is 0 Å². The Balaban J connectivity index is 2.20. The zero-order valence-corrected chi connectivity index (χ0v) is 23.8. The highest BCUT2D eigenvalue weighted by molar-refractivity contribution is 9.47. The summed E-state index contributed by atoms with van der Waals surface area (Å²) >= 11 is 2.76. The molecule has 0 heterocycles. The van der Waals surface area contributed by atoms with Crippen LogP contribution in [0.2, 0.25) is 0 Å². The number of rotatable bonds is 3. The Labute approximate surface area is 222 Å². The van der Waals surface area contributed by atoms with Gasteiger partial charge in [0.25, 0.3) is 0 Å². The molecule has 0 aromatic heterocycles. The van der Waals surface area contributed by atoms with Gasteiger partial charge in [-0.25, -0.2) is 8.42 Å². The van der Waals surface area contributed by atoms with Crippen LogP contribution in [0.1, 0.15) is 52.7 Å². The van der Waals surface area contributed by atoms with E-state index in [0.29, 0.717) is 21.5 Å². The first-order chi connectivity index (χ1) is 16.9. The van der Waals surface area contributed by atoms with Crippen molar-refractivity contribution in [2.45, 2.75) is 63.6 Å². The summed E-state index contributed by atoms with van der Waals surface area (Å²) in [6.45, 7) is 12.3. The predicted octanol–water partition coefficient (Wildman–Crippen LogP) is 9.24. The van der Waals surface area contributed by atoms with Gasteiger partial charge in [-0.15, -0.1) is 13.2 Å². The van der Waals surface area contributed by atoms with Crippen molar-refractivity contribution >= 4 is 44.6 Å². The number of ether oxygens (including phenoxy) is 1. The van der Waals surface area contributed by atoms with E-state index in [-0.39, 0.29) is 26.9 Å². The third-order valence-electron chi connectivity index (χ3n) is 6.43. The Morgan fingerprint density at radius 1 is 0.676 bits per heavy atom. The zero-order chi connectivity index (χ0) is 27.6. The summed E-state index contributed by atoms with van der Waals surface area (Å²) in [5, 5.41) is 2.36. The highest BCUT2D eigenvalue weighted by Gasteiger charge is 2.34. The molecule has 0 bridgehead atoms. The molecule has 4 aromatic carbocycles. The number of hydrogen-bond acceptors (Lipinski definition) is 3. The summed E-state index contributed by atoms with van der Waals surface area (Å²) in [7, 11) is -4.00. The first-order valence-corrected chi connectivity index (χ1v) is 15.0. The molecule has 0 amide bonds. The summed E-state index contributed by atoms with van der Waals surface area (Å²) in [5.74, 6) is -0.465. The normalized spacial score (nSPS) is 13.4. The van der Waals surface area contributed by atoms with Crippen LogP contribution in [0.5, 0.6) is 5.75 Å². The van der Waals surface area contributed by atoms with Crippen molar-refractivity contribution in [1.29, 1.82) is 0 Å². The maximum Gasteiger partial charge on any atom is 0.573 e. The molecule has 0 radical (unpaired) electrons. The monoisotopic (exact) mass is 592 g/mol. The summed E-state index contributed by atoms with van der Waals surface area (Å²) in [6, 6.07) is 17.0. The van der Waals surface area contributed by atoms with E-state index in [1.807, 2.05) is 45.0 Å². The summed E-state index contributed by atoms with van der Waals surface area (Å²) in [5.41, 5.74) is 1.87. The first kappa shape index (κ1) is 27.5. The van der Waals surface area contributed by atoms with Crippen LogP contribution < -0.4 is 4.74 Å². The molecule has 0 aliphatic carbocycles. The number of halogens is 4. The highest BCUT2D eigenvalue weighted by Crippen LogP contribution is 2.47. The maximum atomic E-state index is 13.5. The lowest BCUT2D eigenvalue weighted by atomic mass is 9.83. The van der Waals surface area contributed by atoms with Crippen LogP contribution in [0, 0.1) is 0 Å². The standard InChI is InChI=1S/C29H28BrF3O3S/c1-27(2,3)19-9-11-21-17(15-19)7-13-23(36-29(31,32)33)25(21)26-22-12-10-20(28(4,5)6)16-18(22)8-14-24(26)37(30,34)35/h7-16H,1-6H3. The average Bonchev–Trinajstić information content (AvgIpc) is 2.74. The fraction of sp³-hybridized carbons (Fsp3) is 0.310. The molecule has 0 aliphatic heterocycles. The van der Waals surface area contributed by atoms with Gasteiger partial charge in [0.1, 0.15) is 5.75 Å². The minimum absolute atomic E-state index is 0.0717. The Morgan fingerprint density at radius 3 is 1.57 bits per heavy atom. The molecular weight excluding hydrogens is 565 g/mol. The van der Waals surface area contributed by atoms with Gasteiger partial charge in [-0.1, -0.05) is 90.1 Å². The van der Waals surface area contributed by atoms with E-state index in [0.717, 1.165) is 11.1 Å². The van der Waals surface area contributed by atoms with Gasteiger partial charge in [0, 0.05) is 11.1 Å². The molecule has 8 heteroatoms. The lowest BCUT2D eigenvalue weighted by Crippen LogP contribution is -2.18. The molecule has 196 valence electrons. The van der Waals surface area contributed by atoms with Crippen LogP contribution in [-0.2, 0) is 19.1 Å². The smallest absolute Gasteiger partial charge is 0.405 e. The molecule has 0 saturated heterocycles. The fourth-order valence-electron chi connectivity index (χ4n) is 4.48. The van der Waals surface area contributed by atoms with Gasteiger partial charge < -0.3 is 4.74 Å². The van der Waals surface area contributed by atoms with Crippen LogP contribution in [0.25, 0.3) is 32.7 Å². The van der Waals surface area contributed by atoms with Crippen LogP contribution in [0.15, 0.2) is 65.6 Å².